The average molecular weight is 284 g/mol. The van der Waals surface area contributed by atoms with Gasteiger partial charge in [-0.25, -0.2) is 9.59 Å². The van der Waals surface area contributed by atoms with Gasteiger partial charge in [0.15, 0.2) is 0 Å². The molecule has 7 nitrogen and oxygen atoms in total. The van der Waals surface area contributed by atoms with E-state index in [-0.39, 0.29) is 31.0 Å². The number of carboxylic acid groups (broad SMARTS) is 1. The van der Waals surface area contributed by atoms with Gasteiger partial charge in [-0.15, -0.1) is 0 Å². The molecule has 20 heavy (non-hydrogen) atoms. The van der Waals surface area contributed by atoms with Gasteiger partial charge in [-0.2, -0.15) is 0 Å². The summed E-state index contributed by atoms with van der Waals surface area (Å²) in [7, 11) is 0. The molecule has 0 aliphatic carbocycles. The second-order valence-electron chi connectivity index (χ2n) is 4.59. The van der Waals surface area contributed by atoms with Gasteiger partial charge in [-0.1, -0.05) is 0 Å². The van der Waals surface area contributed by atoms with E-state index in [0.717, 1.165) is 0 Å². The molecule has 0 aliphatic rings. The number of hydrogen-bond donors (Lipinski definition) is 3. The number of nitrogens with zero attached hydrogens (tertiary/aromatic N) is 1. The van der Waals surface area contributed by atoms with E-state index in [9.17, 15) is 9.59 Å². The minimum atomic E-state index is -1.14. The zero-order valence-electron chi connectivity index (χ0n) is 11.6. The molecular weight excluding hydrogens is 264 g/mol. The Balaban J connectivity index is 2.53. The Morgan fingerprint density at radius 1 is 1.40 bits per heavy atom. The zero-order valence-corrected chi connectivity index (χ0v) is 11.6. The van der Waals surface area contributed by atoms with Gasteiger partial charge in [0.1, 0.15) is 5.76 Å². The summed E-state index contributed by atoms with van der Waals surface area (Å²) in [4.78, 5) is 24.2. The Labute approximate surface area is 117 Å². The molecule has 0 spiro atoms. The summed E-state index contributed by atoms with van der Waals surface area (Å²) >= 11 is 0. The van der Waals surface area contributed by atoms with Crippen LogP contribution in [0, 0.1) is 0 Å². The third-order valence-corrected chi connectivity index (χ3v) is 2.73. The second-order valence-corrected chi connectivity index (χ2v) is 4.59. The summed E-state index contributed by atoms with van der Waals surface area (Å²) in [6.07, 6.45) is 0.509. The highest BCUT2D eigenvalue weighted by Crippen LogP contribution is 2.08. The third-order valence-electron chi connectivity index (χ3n) is 2.73. The van der Waals surface area contributed by atoms with Gasteiger partial charge in [-0.3, -0.25) is 0 Å². The summed E-state index contributed by atoms with van der Waals surface area (Å²) in [5, 5.41) is 20.2. The number of furan rings is 1. The molecule has 112 valence electrons. The number of carbonyl (C=O) groups excluding carboxylic acids is 1. The third kappa shape index (κ3) is 4.58. The molecular formula is C13H20N2O5. The van der Waals surface area contributed by atoms with Crippen molar-refractivity contribution in [2.75, 3.05) is 13.2 Å². The van der Waals surface area contributed by atoms with Gasteiger partial charge >= 0.3 is 12.0 Å². The lowest BCUT2D eigenvalue weighted by Crippen LogP contribution is -2.44. The first-order valence-corrected chi connectivity index (χ1v) is 6.43. The van der Waals surface area contributed by atoms with Crippen molar-refractivity contribution < 1.29 is 24.2 Å². The lowest BCUT2D eigenvalue weighted by atomic mass is 10.3. The van der Waals surface area contributed by atoms with Crippen LogP contribution in [-0.2, 0) is 6.54 Å². The van der Waals surface area contributed by atoms with Crippen LogP contribution in [0.3, 0.4) is 0 Å². The fraction of sp³-hybridized carbons (Fsp3) is 0.538. The van der Waals surface area contributed by atoms with E-state index in [1.54, 1.807) is 4.90 Å². The van der Waals surface area contributed by atoms with Crippen LogP contribution in [0.25, 0.3) is 0 Å². The Kier molecular flexibility index (Phi) is 6.05. The molecule has 1 aromatic rings. The van der Waals surface area contributed by atoms with Gasteiger partial charge < -0.3 is 24.8 Å². The molecule has 1 aromatic heterocycles. The number of aliphatic hydroxyl groups is 1. The monoisotopic (exact) mass is 284 g/mol. The van der Waals surface area contributed by atoms with Crippen LogP contribution in [0.1, 0.15) is 36.6 Å². The van der Waals surface area contributed by atoms with Crippen molar-refractivity contribution in [3.8, 4) is 0 Å². The molecule has 7 heteroatoms. The van der Waals surface area contributed by atoms with Crippen molar-refractivity contribution in [2.24, 2.45) is 0 Å². The maximum atomic E-state index is 12.0. The van der Waals surface area contributed by atoms with Crippen LogP contribution in [0.4, 0.5) is 4.79 Å². The number of aromatic carboxylic acids is 1. The van der Waals surface area contributed by atoms with E-state index >= 15 is 0 Å². The first-order valence-electron chi connectivity index (χ1n) is 6.43. The minimum absolute atomic E-state index is 0.00716. The van der Waals surface area contributed by atoms with E-state index in [0.29, 0.717) is 18.7 Å². The van der Waals surface area contributed by atoms with Gasteiger partial charge in [0.05, 0.1) is 6.54 Å². The number of carbonyl (C=O) groups is 2. The molecule has 0 saturated carbocycles. The fourth-order valence-corrected chi connectivity index (χ4v) is 1.69. The van der Waals surface area contributed by atoms with Crippen LogP contribution < -0.4 is 5.32 Å². The summed E-state index contributed by atoms with van der Waals surface area (Å²) in [5.41, 5.74) is 0. The van der Waals surface area contributed by atoms with E-state index < -0.39 is 5.97 Å². The molecule has 3 N–H and O–H groups in total. The normalized spacial score (nSPS) is 10.6. The Hall–Kier alpha value is -2.02. The topological polar surface area (TPSA) is 103 Å². The number of amides is 2. The van der Waals surface area contributed by atoms with Crippen molar-refractivity contribution in [1.82, 2.24) is 10.2 Å². The maximum Gasteiger partial charge on any atom is 0.371 e. The predicted molar refractivity (Wildman–Crippen MR) is 71.4 cm³/mol. The predicted octanol–water partition coefficient (Wildman–Crippen LogP) is 1.28. The standard InChI is InChI=1S/C13H20N2O5/c1-9(2)15(6-3-7-16)13(19)14-8-10-4-5-11(20-10)12(17)18/h4-5,9,16H,3,6-8H2,1-2H3,(H,14,19)(H,17,18). The molecule has 0 fully saturated rings. The van der Waals surface area contributed by atoms with Crippen molar-refractivity contribution in [3.63, 3.8) is 0 Å². The van der Waals surface area contributed by atoms with Gasteiger partial charge in [-0.05, 0) is 32.4 Å². The minimum Gasteiger partial charge on any atom is -0.475 e. The molecule has 2 amide bonds. The highest BCUT2D eigenvalue weighted by atomic mass is 16.4. The fourth-order valence-electron chi connectivity index (χ4n) is 1.69. The van der Waals surface area contributed by atoms with Crippen LogP contribution in [0.5, 0.6) is 0 Å². The molecule has 0 aromatic carbocycles. The second kappa shape index (κ2) is 7.54. The number of urea groups is 1. The maximum absolute atomic E-state index is 12.0. The highest BCUT2D eigenvalue weighted by molar-refractivity contribution is 5.84. The molecule has 0 aliphatic heterocycles. The lowest BCUT2D eigenvalue weighted by molar-refractivity contribution is 0.0660. The van der Waals surface area contributed by atoms with E-state index in [1.807, 2.05) is 13.8 Å². The Bertz CT molecular complexity index is 455. The number of carboxylic acids is 1. The molecule has 1 heterocycles. The van der Waals surface area contributed by atoms with E-state index in [2.05, 4.69) is 5.32 Å². The number of rotatable bonds is 7. The summed E-state index contributed by atoms with van der Waals surface area (Å²) < 4.78 is 5.04. The SMILES string of the molecule is CC(C)N(CCCO)C(=O)NCc1ccc(C(=O)O)o1. The van der Waals surface area contributed by atoms with Crippen LogP contribution >= 0.6 is 0 Å². The first kappa shape index (κ1) is 16.0. The van der Waals surface area contributed by atoms with Crippen molar-refractivity contribution in [2.45, 2.75) is 32.9 Å². The van der Waals surface area contributed by atoms with Crippen LogP contribution in [0.2, 0.25) is 0 Å². The molecule has 0 atom stereocenters. The first-order chi connectivity index (χ1) is 9.45. The quantitative estimate of drug-likeness (QED) is 0.700. The van der Waals surface area contributed by atoms with Gasteiger partial charge in [0.25, 0.3) is 0 Å². The van der Waals surface area contributed by atoms with E-state index in [1.165, 1.54) is 12.1 Å². The number of aliphatic hydroxyl groups excluding tert-OH is 1. The molecule has 0 saturated heterocycles. The van der Waals surface area contributed by atoms with Gasteiger partial charge in [0.2, 0.25) is 5.76 Å². The van der Waals surface area contributed by atoms with Crippen molar-refractivity contribution >= 4 is 12.0 Å². The van der Waals surface area contributed by atoms with Crippen molar-refractivity contribution in [1.29, 1.82) is 0 Å². The number of nitrogens with one attached hydrogen (secondary N) is 1. The summed E-state index contributed by atoms with van der Waals surface area (Å²) in [6, 6.07) is 2.59. The molecule has 0 unspecified atom stereocenters. The van der Waals surface area contributed by atoms with Gasteiger partial charge in [0, 0.05) is 19.2 Å². The lowest BCUT2D eigenvalue weighted by Gasteiger charge is -2.26. The zero-order chi connectivity index (χ0) is 15.1. The Morgan fingerprint density at radius 2 is 2.10 bits per heavy atom. The van der Waals surface area contributed by atoms with Crippen LogP contribution in [0.15, 0.2) is 16.5 Å². The summed E-state index contributed by atoms with van der Waals surface area (Å²) in [6.45, 7) is 4.36. The smallest absolute Gasteiger partial charge is 0.371 e. The molecule has 0 radical (unpaired) electrons. The van der Waals surface area contributed by atoms with Crippen LogP contribution in [-0.4, -0.2) is 46.3 Å². The summed E-state index contributed by atoms with van der Waals surface area (Å²) in [5.74, 6) is -0.925. The largest absolute Gasteiger partial charge is 0.475 e. The number of hydrogen-bond acceptors (Lipinski definition) is 4. The molecule has 0 bridgehead atoms. The molecule has 1 rings (SSSR count). The highest BCUT2D eigenvalue weighted by Gasteiger charge is 2.17. The van der Waals surface area contributed by atoms with E-state index in [4.69, 9.17) is 14.6 Å². The van der Waals surface area contributed by atoms with Crippen molar-refractivity contribution in [3.05, 3.63) is 23.7 Å². The Morgan fingerprint density at radius 3 is 2.60 bits per heavy atom. The average Bonchev–Trinajstić information content (AvgIpc) is 2.85.